The van der Waals surface area contributed by atoms with Gasteiger partial charge in [-0.1, -0.05) is 0 Å². The van der Waals surface area contributed by atoms with E-state index >= 15 is 0 Å². The van der Waals surface area contributed by atoms with Gasteiger partial charge in [0.25, 0.3) is 5.91 Å². The van der Waals surface area contributed by atoms with Gasteiger partial charge in [0.1, 0.15) is 0 Å². The lowest BCUT2D eigenvalue weighted by Crippen LogP contribution is -2.59. The molecule has 1 unspecified atom stereocenters. The first-order valence-corrected chi connectivity index (χ1v) is 8.99. The monoisotopic (exact) mass is 330 g/mol. The molecule has 0 saturated carbocycles. The van der Waals surface area contributed by atoms with Crippen molar-refractivity contribution in [2.24, 2.45) is 0 Å². The number of nitrogens with zero attached hydrogens (tertiary/aromatic N) is 3. The van der Waals surface area contributed by atoms with Gasteiger partial charge in [0.2, 0.25) is 10.0 Å². The maximum absolute atomic E-state index is 12.3. The quantitative estimate of drug-likeness (QED) is 0.706. The number of nitrogens with one attached hydrogen (secondary N) is 1. The molecule has 1 saturated heterocycles. The largest absolute Gasteiger partial charge is 0.363 e. The second-order valence-corrected chi connectivity index (χ2v) is 7.57. The summed E-state index contributed by atoms with van der Waals surface area (Å²) in [5, 5.41) is 2.81. The third kappa shape index (κ3) is 4.28. The van der Waals surface area contributed by atoms with E-state index < -0.39 is 15.6 Å². The fourth-order valence-corrected chi connectivity index (χ4v) is 3.21. The Kier molecular flexibility index (Phi) is 5.20. The van der Waals surface area contributed by atoms with Gasteiger partial charge in [0.15, 0.2) is 5.60 Å². The summed E-state index contributed by atoms with van der Waals surface area (Å²) in [6.45, 7) is 3.41. The van der Waals surface area contributed by atoms with E-state index in [1.54, 1.807) is 19.4 Å². The zero-order valence-corrected chi connectivity index (χ0v) is 13.7. The Morgan fingerprint density at radius 3 is 2.91 bits per heavy atom. The lowest BCUT2D eigenvalue weighted by atomic mass is 10.0. The number of amides is 1. The van der Waals surface area contributed by atoms with Crippen molar-refractivity contribution in [1.82, 2.24) is 19.2 Å². The van der Waals surface area contributed by atoms with Crippen molar-refractivity contribution in [3.05, 3.63) is 18.7 Å². The van der Waals surface area contributed by atoms with Gasteiger partial charge in [-0.15, -0.1) is 0 Å². The first kappa shape index (κ1) is 16.9. The molecule has 0 spiro atoms. The number of hydrogen-bond donors (Lipinski definition) is 1. The van der Waals surface area contributed by atoms with Crippen LogP contribution in [0.1, 0.15) is 13.3 Å². The van der Waals surface area contributed by atoms with Crippen LogP contribution in [0.15, 0.2) is 18.7 Å². The van der Waals surface area contributed by atoms with Crippen LogP contribution in [0.3, 0.4) is 0 Å². The molecule has 1 aromatic rings. The Labute approximate surface area is 130 Å². The summed E-state index contributed by atoms with van der Waals surface area (Å²) < 4.78 is 32.0. The Hall–Kier alpha value is -1.45. The number of sulfonamides is 1. The molecule has 0 aromatic carbocycles. The van der Waals surface area contributed by atoms with E-state index in [4.69, 9.17) is 4.74 Å². The van der Waals surface area contributed by atoms with E-state index in [9.17, 15) is 13.2 Å². The molecule has 2 heterocycles. The standard InChI is InChI=1S/C13H22N4O4S/c1-13(10-17(8-9-21-13)22(2,19)20)12(18)15-4-3-6-16-7-5-14-11-16/h5,7,11H,3-4,6,8-10H2,1-2H3,(H,15,18). The molecule has 1 amide bonds. The molecular weight excluding hydrogens is 308 g/mol. The topological polar surface area (TPSA) is 93.5 Å². The Balaban J connectivity index is 1.82. The molecule has 1 fully saturated rings. The van der Waals surface area contributed by atoms with Crippen molar-refractivity contribution in [2.45, 2.75) is 25.5 Å². The van der Waals surface area contributed by atoms with Gasteiger partial charge in [0.05, 0.1) is 25.7 Å². The van der Waals surface area contributed by atoms with Crippen molar-refractivity contribution in [2.75, 3.05) is 32.5 Å². The van der Waals surface area contributed by atoms with Crippen LogP contribution in [0.2, 0.25) is 0 Å². The molecule has 124 valence electrons. The highest BCUT2D eigenvalue weighted by molar-refractivity contribution is 7.88. The Morgan fingerprint density at radius 1 is 1.50 bits per heavy atom. The maximum Gasteiger partial charge on any atom is 0.253 e. The normalized spacial score (nSPS) is 23.4. The van der Waals surface area contributed by atoms with Gasteiger partial charge >= 0.3 is 0 Å². The van der Waals surface area contributed by atoms with Gasteiger partial charge in [-0.25, -0.2) is 13.4 Å². The number of carbonyl (C=O) groups is 1. The van der Waals surface area contributed by atoms with Crippen LogP contribution in [-0.4, -0.2) is 66.3 Å². The van der Waals surface area contributed by atoms with Crippen molar-refractivity contribution in [1.29, 1.82) is 0 Å². The van der Waals surface area contributed by atoms with Gasteiger partial charge < -0.3 is 14.6 Å². The highest BCUT2D eigenvalue weighted by Crippen LogP contribution is 2.19. The molecule has 1 aromatic heterocycles. The van der Waals surface area contributed by atoms with E-state index in [1.165, 1.54) is 4.31 Å². The minimum atomic E-state index is -3.32. The number of aryl methyl sites for hydroxylation is 1. The highest BCUT2D eigenvalue weighted by atomic mass is 32.2. The third-order valence-electron chi connectivity index (χ3n) is 3.63. The second kappa shape index (κ2) is 6.76. The van der Waals surface area contributed by atoms with E-state index in [0.717, 1.165) is 19.2 Å². The smallest absolute Gasteiger partial charge is 0.253 e. The van der Waals surface area contributed by atoms with Crippen LogP contribution in [0.4, 0.5) is 0 Å². The van der Waals surface area contributed by atoms with Gasteiger partial charge in [0, 0.05) is 32.0 Å². The summed E-state index contributed by atoms with van der Waals surface area (Å²) in [5.74, 6) is -0.286. The van der Waals surface area contributed by atoms with Crippen molar-refractivity contribution in [3.63, 3.8) is 0 Å². The Morgan fingerprint density at radius 2 is 2.27 bits per heavy atom. The number of rotatable bonds is 6. The minimum Gasteiger partial charge on any atom is -0.363 e. The van der Waals surface area contributed by atoms with Crippen LogP contribution >= 0.6 is 0 Å². The van der Waals surface area contributed by atoms with E-state index in [0.29, 0.717) is 6.54 Å². The van der Waals surface area contributed by atoms with Gasteiger partial charge in [-0.3, -0.25) is 4.79 Å². The summed E-state index contributed by atoms with van der Waals surface area (Å²) in [6, 6.07) is 0. The molecule has 2 rings (SSSR count). The lowest BCUT2D eigenvalue weighted by Gasteiger charge is -2.37. The first-order chi connectivity index (χ1) is 10.3. The predicted molar refractivity (Wildman–Crippen MR) is 80.6 cm³/mol. The number of aromatic nitrogens is 2. The third-order valence-corrected chi connectivity index (χ3v) is 4.88. The molecule has 0 aliphatic carbocycles. The summed E-state index contributed by atoms with van der Waals surface area (Å²) in [5.41, 5.74) is -1.14. The first-order valence-electron chi connectivity index (χ1n) is 7.14. The number of carbonyl (C=O) groups excluding carboxylic acids is 1. The molecule has 1 atom stereocenters. The number of hydrogen-bond acceptors (Lipinski definition) is 5. The zero-order valence-electron chi connectivity index (χ0n) is 12.9. The van der Waals surface area contributed by atoms with Crippen molar-refractivity contribution in [3.8, 4) is 0 Å². The van der Waals surface area contributed by atoms with Crippen LogP contribution in [0.25, 0.3) is 0 Å². The minimum absolute atomic E-state index is 0.0409. The average molecular weight is 330 g/mol. The predicted octanol–water partition coefficient (Wildman–Crippen LogP) is -0.560. The SMILES string of the molecule is CC1(C(=O)NCCCn2ccnc2)CN(S(C)(=O)=O)CCO1. The zero-order chi connectivity index (χ0) is 16.2. The molecule has 1 aliphatic rings. The lowest BCUT2D eigenvalue weighted by molar-refractivity contribution is -0.152. The Bertz CT molecular complexity index is 602. The molecule has 9 heteroatoms. The fraction of sp³-hybridized carbons (Fsp3) is 0.692. The molecule has 1 N–H and O–H groups in total. The summed E-state index contributed by atoms with van der Waals surface area (Å²) in [7, 11) is -3.32. The second-order valence-electron chi connectivity index (χ2n) is 5.59. The maximum atomic E-state index is 12.3. The molecule has 0 bridgehead atoms. The molecular formula is C13H22N4O4S. The van der Waals surface area contributed by atoms with E-state index in [1.807, 2.05) is 10.8 Å². The van der Waals surface area contributed by atoms with Crippen LogP contribution < -0.4 is 5.32 Å². The van der Waals surface area contributed by atoms with Crippen LogP contribution in [-0.2, 0) is 26.1 Å². The van der Waals surface area contributed by atoms with Gasteiger partial charge in [-0.2, -0.15) is 4.31 Å². The van der Waals surface area contributed by atoms with Crippen LogP contribution in [0.5, 0.6) is 0 Å². The van der Waals surface area contributed by atoms with Crippen molar-refractivity contribution >= 4 is 15.9 Å². The molecule has 22 heavy (non-hydrogen) atoms. The van der Waals surface area contributed by atoms with Gasteiger partial charge in [-0.05, 0) is 13.3 Å². The van der Waals surface area contributed by atoms with E-state index in [2.05, 4.69) is 10.3 Å². The fourth-order valence-electron chi connectivity index (χ4n) is 2.32. The molecule has 8 nitrogen and oxygen atoms in total. The summed E-state index contributed by atoms with van der Waals surface area (Å²) in [6.07, 6.45) is 7.18. The molecule has 0 radical (unpaired) electrons. The summed E-state index contributed by atoms with van der Waals surface area (Å²) in [4.78, 5) is 16.2. The summed E-state index contributed by atoms with van der Waals surface area (Å²) >= 11 is 0. The van der Waals surface area contributed by atoms with E-state index in [-0.39, 0.29) is 25.6 Å². The van der Waals surface area contributed by atoms with Crippen LogP contribution in [0, 0.1) is 0 Å². The highest BCUT2D eigenvalue weighted by Gasteiger charge is 2.41. The number of ether oxygens (including phenoxy) is 1. The number of morpholine rings is 1. The van der Waals surface area contributed by atoms with Crippen molar-refractivity contribution < 1.29 is 17.9 Å². The molecule has 1 aliphatic heterocycles. The number of imidazole rings is 1. The average Bonchev–Trinajstić information content (AvgIpc) is 2.95.